The fraction of sp³-hybridized carbons (Fsp3) is 0.480. The first-order chi connectivity index (χ1) is 15.7. The molecule has 6 nitrogen and oxygen atoms in total. The Labute approximate surface area is 195 Å². The van der Waals surface area contributed by atoms with E-state index < -0.39 is 0 Å². The molecular formula is C25H33ClN4O2. The van der Waals surface area contributed by atoms with Crippen molar-refractivity contribution in [1.29, 1.82) is 0 Å². The first-order valence-corrected chi connectivity index (χ1v) is 11.9. The van der Waals surface area contributed by atoms with Crippen LogP contribution >= 0.6 is 11.6 Å². The number of hydrogen-bond acceptors (Lipinski definition) is 4. The fourth-order valence-corrected chi connectivity index (χ4v) is 4.83. The van der Waals surface area contributed by atoms with Crippen LogP contribution in [0.2, 0.25) is 5.02 Å². The molecule has 2 aromatic carbocycles. The average molecular weight is 457 g/mol. The summed E-state index contributed by atoms with van der Waals surface area (Å²) in [6, 6.07) is 18.6. The van der Waals surface area contributed by atoms with E-state index in [0.717, 1.165) is 56.2 Å². The van der Waals surface area contributed by atoms with Crippen molar-refractivity contribution in [1.82, 2.24) is 20.4 Å². The zero-order valence-corrected chi connectivity index (χ0v) is 19.3. The fourth-order valence-electron chi connectivity index (χ4n) is 4.57. The number of piperidine rings is 1. The van der Waals surface area contributed by atoms with Crippen LogP contribution in [-0.4, -0.2) is 67.8 Å². The molecule has 0 aromatic heterocycles. The number of amides is 2. The number of hydrogen-bond donors (Lipinski definition) is 2. The highest BCUT2D eigenvalue weighted by Gasteiger charge is 2.26. The Hall–Kier alpha value is -2.12. The van der Waals surface area contributed by atoms with Gasteiger partial charge >= 0.3 is 6.03 Å². The predicted molar refractivity (Wildman–Crippen MR) is 128 cm³/mol. The van der Waals surface area contributed by atoms with Gasteiger partial charge in [0.25, 0.3) is 0 Å². The molecule has 2 amide bonds. The SMILES string of the molecule is O=C(NCC(c1ccccc1Cl)N1CCOCC1)NC1CCN(Cc2ccccc2)CC1. The lowest BCUT2D eigenvalue weighted by Crippen LogP contribution is -2.50. The number of halogens is 1. The van der Waals surface area contributed by atoms with Crippen LogP contribution in [0.1, 0.15) is 30.0 Å². The lowest BCUT2D eigenvalue weighted by Gasteiger charge is -2.35. The van der Waals surface area contributed by atoms with Crippen molar-refractivity contribution in [3.63, 3.8) is 0 Å². The second kappa shape index (κ2) is 11.7. The van der Waals surface area contributed by atoms with Gasteiger partial charge in [-0.25, -0.2) is 4.79 Å². The number of carbonyl (C=O) groups excluding carboxylic acids is 1. The van der Waals surface area contributed by atoms with Gasteiger partial charge in [0.15, 0.2) is 0 Å². The van der Waals surface area contributed by atoms with Gasteiger partial charge in [0, 0.05) is 50.3 Å². The van der Waals surface area contributed by atoms with E-state index in [1.54, 1.807) is 0 Å². The van der Waals surface area contributed by atoms with E-state index in [-0.39, 0.29) is 18.1 Å². The van der Waals surface area contributed by atoms with Crippen LogP contribution in [0.4, 0.5) is 4.79 Å². The number of carbonyl (C=O) groups is 1. The van der Waals surface area contributed by atoms with Gasteiger partial charge in [-0.2, -0.15) is 0 Å². The molecule has 2 fully saturated rings. The maximum atomic E-state index is 12.7. The number of nitrogens with one attached hydrogen (secondary N) is 2. The Morgan fingerprint density at radius 3 is 2.41 bits per heavy atom. The molecule has 4 rings (SSSR count). The molecule has 1 atom stereocenters. The van der Waals surface area contributed by atoms with Gasteiger partial charge in [0.2, 0.25) is 0 Å². The summed E-state index contributed by atoms with van der Waals surface area (Å²) in [5.41, 5.74) is 2.39. The maximum Gasteiger partial charge on any atom is 0.315 e. The lowest BCUT2D eigenvalue weighted by atomic mass is 10.0. The summed E-state index contributed by atoms with van der Waals surface area (Å²) >= 11 is 6.49. The third-order valence-electron chi connectivity index (χ3n) is 6.38. The summed E-state index contributed by atoms with van der Waals surface area (Å²) in [4.78, 5) is 17.5. The van der Waals surface area contributed by atoms with Gasteiger partial charge in [0.05, 0.1) is 19.3 Å². The van der Waals surface area contributed by atoms with E-state index >= 15 is 0 Å². The van der Waals surface area contributed by atoms with Gasteiger partial charge in [-0.1, -0.05) is 60.1 Å². The standard InChI is InChI=1S/C25H33ClN4O2/c26-23-9-5-4-8-22(23)24(30-14-16-32-17-15-30)18-27-25(31)28-21-10-12-29(13-11-21)19-20-6-2-1-3-7-20/h1-9,21,24H,10-19H2,(H2,27,28,31). The van der Waals surface area contributed by atoms with Crippen LogP contribution < -0.4 is 10.6 Å². The minimum atomic E-state index is -0.100. The van der Waals surface area contributed by atoms with Gasteiger partial charge in [-0.05, 0) is 30.0 Å². The zero-order chi connectivity index (χ0) is 22.2. The second-order valence-electron chi connectivity index (χ2n) is 8.58. The topological polar surface area (TPSA) is 56.8 Å². The molecule has 0 spiro atoms. The van der Waals surface area contributed by atoms with Crippen molar-refractivity contribution >= 4 is 17.6 Å². The molecule has 1 unspecified atom stereocenters. The summed E-state index contributed by atoms with van der Waals surface area (Å²) in [6.45, 7) is 6.55. The van der Waals surface area contributed by atoms with Crippen LogP contribution in [0.15, 0.2) is 54.6 Å². The molecule has 0 saturated carbocycles. The Bertz CT molecular complexity index is 852. The largest absolute Gasteiger partial charge is 0.379 e. The summed E-state index contributed by atoms with van der Waals surface area (Å²) in [5, 5.41) is 7.01. The van der Waals surface area contributed by atoms with E-state index in [9.17, 15) is 4.79 Å². The number of nitrogens with zero attached hydrogens (tertiary/aromatic N) is 2. The molecule has 0 radical (unpaired) electrons. The van der Waals surface area contributed by atoms with E-state index in [0.29, 0.717) is 19.8 Å². The van der Waals surface area contributed by atoms with Crippen LogP contribution in [0.5, 0.6) is 0 Å². The number of benzene rings is 2. The molecule has 2 aromatic rings. The quantitative estimate of drug-likeness (QED) is 0.667. The van der Waals surface area contributed by atoms with Gasteiger partial charge < -0.3 is 15.4 Å². The van der Waals surface area contributed by atoms with Crippen molar-refractivity contribution in [3.8, 4) is 0 Å². The molecule has 32 heavy (non-hydrogen) atoms. The van der Waals surface area contributed by atoms with Crippen LogP contribution in [0, 0.1) is 0 Å². The Morgan fingerprint density at radius 2 is 1.69 bits per heavy atom. The maximum absolute atomic E-state index is 12.7. The first kappa shape index (κ1) is 23.1. The van der Waals surface area contributed by atoms with Crippen LogP contribution in [0.3, 0.4) is 0 Å². The van der Waals surface area contributed by atoms with E-state index in [4.69, 9.17) is 16.3 Å². The third-order valence-corrected chi connectivity index (χ3v) is 6.72. The van der Waals surface area contributed by atoms with Crippen molar-refractivity contribution in [3.05, 3.63) is 70.7 Å². The molecule has 2 N–H and O–H groups in total. The Morgan fingerprint density at radius 1 is 1.00 bits per heavy atom. The second-order valence-corrected chi connectivity index (χ2v) is 8.98. The monoisotopic (exact) mass is 456 g/mol. The highest BCUT2D eigenvalue weighted by atomic mass is 35.5. The normalized spacial score (nSPS) is 19.4. The number of morpholine rings is 1. The summed E-state index contributed by atoms with van der Waals surface area (Å²) in [7, 11) is 0. The average Bonchev–Trinajstić information content (AvgIpc) is 2.83. The van der Waals surface area contributed by atoms with Crippen LogP contribution in [0.25, 0.3) is 0 Å². The molecule has 172 valence electrons. The van der Waals surface area contributed by atoms with E-state index in [1.165, 1.54) is 5.56 Å². The van der Waals surface area contributed by atoms with Gasteiger partial charge in [-0.3, -0.25) is 9.80 Å². The highest BCUT2D eigenvalue weighted by Crippen LogP contribution is 2.27. The van der Waals surface area contributed by atoms with Crippen LogP contribution in [-0.2, 0) is 11.3 Å². The van der Waals surface area contributed by atoms with Crippen molar-refractivity contribution in [2.24, 2.45) is 0 Å². The van der Waals surface area contributed by atoms with Gasteiger partial charge in [0.1, 0.15) is 0 Å². The highest BCUT2D eigenvalue weighted by molar-refractivity contribution is 6.31. The summed E-state index contributed by atoms with van der Waals surface area (Å²) in [6.07, 6.45) is 1.94. The molecule has 7 heteroatoms. The number of likely N-dealkylation sites (tertiary alicyclic amines) is 1. The predicted octanol–water partition coefficient (Wildman–Crippen LogP) is 3.68. The Balaban J connectivity index is 1.26. The molecule has 0 aliphatic carbocycles. The molecule has 2 saturated heterocycles. The number of urea groups is 1. The number of ether oxygens (including phenoxy) is 1. The number of rotatable bonds is 7. The van der Waals surface area contributed by atoms with E-state index in [2.05, 4.69) is 44.7 Å². The van der Waals surface area contributed by atoms with Crippen molar-refractivity contribution in [2.45, 2.75) is 31.5 Å². The smallest absolute Gasteiger partial charge is 0.315 e. The molecule has 2 aliphatic heterocycles. The molecule has 0 bridgehead atoms. The minimum Gasteiger partial charge on any atom is -0.379 e. The Kier molecular flexibility index (Phi) is 8.40. The van der Waals surface area contributed by atoms with Crippen molar-refractivity contribution < 1.29 is 9.53 Å². The third kappa shape index (κ3) is 6.45. The molecule has 2 aliphatic rings. The van der Waals surface area contributed by atoms with Gasteiger partial charge in [-0.15, -0.1) is 0 Å². The molecule has 2 heterocycles. The lowest BCUT2D eigenvalue weighted by molar-refractivity contribution is 0.0167. The first-order valence-electron chi connectivity index (χ1n) is 11.6. The zero-order valence-electron chi connectivity index (χ0n) is 18.5. The van der Waals surface area contributed by atoms with E-state index in [1.807, 2.05) is 30.3 Å². The van der Waals surface area contributed by atoms with Crippen molar-refractivity contribution in [2.75, 3.05) is 45.9 Å². The summed E-state index contributed by atoms with van der Waals surface area (Å²) < 4.78 is 5.51. The minimum absolute atomic E-state index is 0.0334. The summed E-state index contributed by atoms with van der Waals surface area (Å²) in [5.74, 6) is 0. The molecular weight excluding hydrogens is 424 g/mol.